The second kappa shape index (κ2) is 14.0. The largest absolute Gasteiger partial charge is 1.00 e. The molecule has 184 valence electrons. The number of pyridine rings is 1. The number of aryl methyl sites for hydroxylation is 1. The Morgan fingerprint density at radius 1 is 1.03 bits per heavy atom. The van der Waals surface area contributed by atoms with Crippen LogP contribution in [0.5, 0.6) is 5.75 Å². The third-order valence-corrected chi connectivity index (χ3v) is 5.19. The summed E-state index contributed by atoms with van der Waals surface area (Å²) in [6.07, 6.45) is -3.54. The number of carboxylic acid groups (broad SMARTS) is 1. The van der Waals surface area contributed by atoms with Crippen LogP contribution in [0, 0.1) is 0 Å². The number of aromatic nitrogens is 1. The fourth-order valence-electron chi connectivity index (χ4n) is 3.42. The number of nitrogens with zero attached hydrogens (tertiary/aromatic N) is 1. The van der Waals surface area contributed by atoms with Gasteiger partial charge in [-0.3, -0.25) is 4.79 Å². The number of amides is 2. The van der Waals surface area contributed by atoms with Crippen LogP contribution in [0.2, 0.25) is 0 Å². The summed E-state index contributed by atoms with van der Waals surface area (Å²) < 4.78 is 39.4. The van der Waals surface area contributed by atoms with Crippen molar-refractivity contribution in [3.05, 3.63) is 93.4 Å². The summed E-state index contributed by atoms with van der Waals surface area (Å²) in [6, 6.07) is 10.2. The van der Waals surface area contributed by atoms with Gasteiger partial charge in [-0.2, -0.15) is 13.2 Å². The number of anilines is 1. The molecule has 0 saturated heterocycles. The van der Waals surface area contributed by atoms with E-state index in [2.05, 4.69) is 10.6 Å². The van der Waals surface area contributed by atoms with Gasteiger partial charge in [0, 0.05) is 25.6 Å². The Kier molecular flexibility index (Phi) is 12.4. The Labute approximate surface area is 254 Å². The number of aliphatic carboxylic acids is 1. The fourth-order valence-corrected chi connectivity index (χ4v) is 3.42. The predicted molar refractivity (Wildman–Crippen MR) is 116 cm³/mol. The molecule has 2 N–H and O–H groups in total. The zero-order valence-corrected chi connectivity index (χ0v) is 24.4. The number of nitrogens with one attached hydrogen (secondary N) is 2. The molecule has 13 heteroatoms. The van der Waals surface area contributed by atoms with E-state index in [1.165, 1.54) is 25.4 Å². The van der Waals surface area contributed by atoms with Crippen molar-refractivity contribution in [2.45, 2.75) is 25.1 Å². The first-order chi connectivity index (χ1) is 16.4. The molecular weight excluding hydrogens is 513 g/mol. The molecule has 2 aromatic carbocycles. The first-order valence-electron chi connectivity index (χ1n) is 10.3. The van der Waals surface area contributed by atoms with Crippen LogP contribution in [-0.2, 0) is 24.4 Å². The third kappa shape index (κ3) is 9.20. The second-order valence-electron chi connectivity index (χ2n) is 7.81. The normalized spacial score (nSPS) is 11.5. The molecule has 0 aliphatic carbocycles. The van der Waals surface area contributed by atoms with E-state index in [1.807, 2.05) is 0 Å². The van der Waals surface area contributed by atoms with Gasteiger partial charge in [-0.25, -0.2) is 4.79 Å². The Hall–Kier alpha value is -2.28. The molecule has 0 aliphatic rings. The summed E-state index contributed by atoms with van der Waals surface area (Å²) >= 11 is 0. The molecule has 0 saturated carbocycles. The molecule has 37 heavy (non-hydrogen) atoms. The smallest absolute Gasteiger partial charge is 0.871 e. The average molecular weight is 533 g/mol. The van der Waals surface area contributed by atoms with E-state index >= 15 is 0 Å². The second-order valence-corrected chi connectivity index (χ2v) is 7.81. The van der Waals surface area contributed by atoms with Crippen LogP contribution in [0.3, 0.4) is 0 Å². The van der Waals surface area contributed by atoms with E-state index in [9.17, 15) is 37.8 Å². The molecule has 0 aliphatic heterocycles. The van der Waals surface area contributed by atoms with Crippen molar-refractivity contribution in [1.82, 2.24) is 9.88 Å². The Bertz CT molecular complexity index is 1300. The molecule has 0 radical (unpaired) electrons. The number of rotatable bonds is 7. The van der Waals surface area contributed by atoms with Crippen molar-refractivity contribution in [1.29, 1.82) is 0 Å². The van der Waals surface area contributed by atoms with E-state index < -0.39 is 53.2 Å². The van der Waals surface area contributed by atoms with Gasteiger partial charge >= 0.3 is 71.3 Å². The number of carboxylic acids is 1. The summed E-state index contributed by atoms with van der Waals surface area (Å²) in [4.78, 5) is 35.9. The summed E-state index contributed by atoms with van der Waals surface area (Å²) in [7, 11) is 1.39. The number of halogens is 3. The van der Waals surface area contributed by atoms with Gasteiger partial charge < -0.3 is 30.2 Å². The summed E-state index contributed by atoms with van der Waals surface area (Å²) in [5.74, 6) is -2.16. The maximum absolute atomic E-state index is 12.8. The Morgan fingerprint density at radius 3 is 2.27 bits per heavy atom. The third-order valence-electron chi connectivity index (χ3n) is 5.19. The first kappa shape index (κ1) is 32.7. The minimum Gasteiger partial charge on any atom is -0.871 e. The molecule has 1 aromatic heterocycles. The van der Waals surface area contributed by atoms with Crippen molar-refractivity contribution in [2.24, 2.45) is 7.05 Å². The minimum absolute atomic E-state index is 0. The van der Waals surface area contributed by atoms with Gasteiger partial charge in [0.15, 0.2) is 0 Å². The summed E-state index contributed by atoms with van der Waals surface area (Å²) in [5, 5.41) is 27.8. The number of carbonyl (C=O) groups is 2. The molecule has 3 aromatic rings. The maximum atomic E-state index is 12.8. The monoisotopic (exact) mass is 533 g/mol. The summed E-state index contributed by atoms with van der Waals surface area (Å²) in [5.41, 5.74) is -0.351. The van der Waals surface area contributed by atoms with Gasteiger partial charge in [0.1, 0.15) is 5.69 Å². The molecule has 2 amide bonds. The summed E-state index contributed by atoms with van der Waals surface area (Å²) in [6.45, 7) is 0. The number of hydrogen-bond donors (Lipinski definition) is 2. The topological polar surface area (TPSA) is 126 Å². The molecule has 0 bridgehead atoms. The van der Waals surface area contributed by atoms with E-state index in [0.29, 0.717) is 16.7 Å². The average Bonchev–Trinajstić information content (AvgIpc) is 2.78. The fraction of sp³-hybridized carbons (Fsp3) is 0.208. The van der Waals surface area contributed by atoms with Crippen molar-refractivity contribution in [2.75, 3.05) is 5.32 Å². The number of carbonyl (C=O) groups excluding carboxylic acids is 2. The zero-order valence-electron chi connectivity index (χ0n) is 20.4. The van der Waals surface area contributed by atoms with E-state index in [4.69, 9.17) is 0 Å². The van der Waals surface area contributed by atoms with Crippen LogP contribution in [0.4, 0.5) is 23.7 Å². The van der Waals surface area contributed by atoms with Crippen LogP contribution in [0.25, 0.3) is 0 Å². The zero-order chi connectivity index (χ0) is 25.8. The Balaban J connectivity index is 0.00000342. The maximum Gasteiger partial charge on any atom is 1.00 e. The van der Waals surface area contributed by atoms with Crippen molar-refractivity contribution < 1.29 is 92.1 Å². The van der Waals surface area contributed by atoms with E-state index in [1.54, 1.807) is 24.3 Å². The Morgan fingerprint density at radius 2 is 1.68 bits per heavy atom. The minimum atomic E-state index is -4.44. The van der Waals surface area contributed by atoms with Gasteiger partial charge in [-0.1, -0.05) is 48.2 Å². The van der Waals surface area contributed by atoms with Crippen LogP contribution in [-0.4, -0.2) is 16.6 Å². The number of hydrogen-bond acceptors (Lipinski definition) is 5. The van der Waals surface area contributed by atoms with Crippen molar-refractivity contribution in [3.8, 4) is 5.75 Å². The number of benzene rings is 2. The van der Waals surface area contributed by atoms with E-state index in [0.717, 1.165) is 22.8 Å². The first-order valence-corrected chi connectivity index (χ1v) is 10.3. The quantitative estimate of drug-likeness (QED) is 0.300. The molecular formula is C24H20F3N3Na2O5. The van der Waals surface area contributed by atoms with Gasteiger partial charge in [0.25, 0.3) is 5.56 Å². The molecule has 0 spiro atoms. The molecule has 0 unspecified atom stereocenters. The molecule has 0 fully saturated rings. The van der Waals surface area contributed by atoms with Crippen LogP contribution < -0.4 is 85.5 Å². The van der Waals surface area contributed by atoms with Crippen molar-refractivity contribution >= 4 is 17.7 Å². The molecule has 1 heterocycles. The van der Waals surface area contributed by atoms with Crippen LogP contribution >= 0.6 is 0 Å². The molecule has 3 rings (SSSR count). The van der Waals surface area contributed by atoms with Gasteiger partial charge in [0.2, 0.25) is 0 Å². The number of urea groups is 1. The van der Waals surface area contributed by atoms with Crippen molar-refractivity contribution in [3.63, 3.8) is 0 Å². The number of alkyl halides is 3. The van der Waals surface area contributed by atoms with Gasteiger partial charge in [0.05, 0.1) is 11.6 Å². The predicted octanol–water partition coefficient (Wildman–Crippen LogP) is -3.92. The van der Waals surface area contributed by atoms with Crippen LogP contribution in [0.15, 0.2) is 65.6 Å². The van der Waals surface area contributed by atoms with Gasteiger partial charge in [-0.15, -0.1) is 0 Å². The standard InChI is InChI=1S/C24H22F3N3O5.2Na/c1-30-10-9-19(31)21(22(30)34)29-23(35)28-18(13-20(32)33)16-4-2-3-15(12-16)11-14-5-7-17(8-6-14)24(25,26)27;;/h2-10,12,18,31H,11,13H2,1H3,(H,32,33)(H2,28,29,35);;/q;2*+1/p-2/t18-;;/m0../s1. The van der Waals surface area contributed by atoms with Gasteiger partial charge in [-0.05, 0) is 35.2 Å². The molecule has 8 nitrogen and oxygen atoms in total. The van der Waals surface area contributed by atoms with Crippen LogP contribution in [0.1, 0.15) is 34.7 Å². The van der Waals surface area contributed by atoms with E-state index in [-0.39, 0.29) is 65.5 Å². The SMILES string of the molecule is Cn1ccc([O-])c(NC(=O)N[C@@H](CC(=O)[O-])c2cccc(Cc3ccc(C(F)(F)F)cc3)c2)c1=O.[Na+].[Na+]. The molecule has 1 atom stereocenters.